The number of amides is 2. The summed E-state index contributed by atoms with van der Waals surface area (Å²) in [6.07, 6.45) is 0. The van der Waals surface area contributed by atoms with Crippen molar-refractivity contribution >= 4 is 23.6 Å². The summed E-state index contributed by atoms with van der Waals surface area (Å²) < 4.78 is -0.282. The summed E-state index contributed by atoms with van der Waals surface area (Å²) in [7, 11) is 0. The van der Waals surface area contributed by atoms with Crippen molar-refractivity contribution < 1.29 is 9.59 Å². The molecule has 0 aliphatic carbocycles. The van der Waals surface area contributed by atoms with Gasteiger partial charge in [0.15, 0.2) is 5.82 Å². The van der Waals surface area contributed by atoms with Crippen LogP contribution >= 0.6 is 11.8 Å². The molecule has 4 heterocycles. The fourth-order valence-corrected chi connectivity index (χ4v) is 6.50. The van der Waals surface area contributed by atoms with E-state index in [2.05, 4.69) is 39.8 Å². The van der Waals surface area contributed by atoms with E-state index < -0.39 is 17.7 Å². The first-order valence-corrected chi connectivity index (χ1v) is 10.5. The van der Waals surface area contributed by atoms with Gasteiger partial charge in [0.25, 0.3) is 0 Å². The number of H-pyrrole nitrogens is 1. The van der Waals surface area contributed by atoms with Gasteiger partial charge in [-0.25, -0.2) is 5.10 Å². The molecule has 10 heteroatoms. The molecule has 5 rings (SSSR count). The lowest BCUT2D eigenvalue weighted by Crippen LogP contribution is -2.71. The SMILES string of the molecule is CC1(C)S[C@H]2C(N3C(=O)C(c4ccccc4)NC3(C)C)C(=O)N2C1c1nnn[nH]1. The van der Waals surface area contributed by atoms with E-state index in [1.54, 1.807) is 16.7 Å². The summed E-state index contributed by atoms with van der Waals surface area (Å²) >= 11 is 1.69. The van der Waals surface area contributed by atoms with Crippen LogP contribution in [0.2, 0.25) is 0 Å². The maximum atomic E-state index is 13.4. The molecule has 1 aromatic carbocycles. The zero-order valence-corrected chi connectivity index (χ0v) is 17.5. The summed E-state index contributed by atoms with van der Waals surface area (Å²) in [6.45, 7) is 8.06. The van der Waals surface area contributed by atoms with Crippen LogP contribution in [0.5, 0.6) is 0 Å². The number of β-lactam (4-membered cyclic amide) rings is 1. The van der Waals surface area contributed by atoms with Crippen LogP contribution in [0, 0.1) is 0 Å². The molecule has 4 atom stereocenters. The smallest absolute Gasteiger partial charge is 0.250 e. The zero-order valence-electron chi connectivity index (χ0n) is 16.7. The number of fused-ring (bicyclic) bond motifs is 1. The van der Waals surface area contributed by atoms with E-state index in [0.29, 0.717) is 5.82 Å². The number of aromatic amines is 1. The Balaban J connectivity index is 1.47. The van der Waals surface area contributed by atoms with Crippen molar-refractivity contribution in [2.24, 2.45) is 0 Å². The highest BCUT2D eigenvalue weighted by Crippen LogP contribution is 2.58. The van der Waals surface area contributed by atoms with E-state index in [0.717, 1.165) is 5.56 Å². The summed E-state index contributed by atoms with van der Waals surface area (Å²) in [5, 5.41) is 17.5. The molecule has 2 N–H and O–H groups in total. The van der Waals surface area contributed by atoms with Gasteiger partial charge in [-0.3, -0.25) is 14.9 Å². The molecule has 3 unspecified atom stereocenters. The number of nitrogens with one attached hydrogen (secondary N) is 2. The number of rotatable bonds is 3. The van der Waals surface area contributed by atoms with Gasteiger partial charge in [-0.1, -0.05) is 30.3 Å². The van der Waals surface area contributed by atoms with E-state index in [-0.39, 0.29) is 28.0 Å². The van der Waals surface area contributed by atoms with Gasteiger partial charge in [-0.05, 0) is 43.7 Å². The standard InChI is InChI=1S/C19H23N7O2S/c1-18(2)13(14-21-23-24-22-14)25-16(28)12(17(25)29-18)26-15(27)11(20-19(26,3)4)10-8-6-5-7-9-10/h5-9,11-13,17,20H,1-4H3,(H,21,22,23,24)/t11?,12?,13?,17-/m0/s1. The summed E-state index contributed by atoms with van der Waals surface area (Å²) in [6, 6.07) is 8.41. The Bertz CT molecular complexity index is 962. The van der Waals surface area contributed by atoms with E-state index in [1.165, 1.54) is 0 Å². The van der Waals surface area contributed by atoms with Gasteiger partial charge >= 0.3 is 0 Å². The molecule has 0 spiro atoms. The maximum Gasteiger partial charge on any atom is 0.250 e. The molecule has 9 nitrogen and oxygen atoms in total. The third kappa shape index (κ3) is 2.55. The minimum absolute atomic E-state index is 0.0635. The molecule has 2 aromatic rings. The van der Waals surface area contributed by atoms with Gasteiger partial charge in [0, 0.05) is 4.75 Å². The van der Waals surface area contributed by atoms with Crippen LogP contribution in [0.3, 0.4) is 0 Å². The summed E-state index contributed by atoms with van der Waals surface area (Å²) in [5.74, 6) is 0.442. The first-order chi connectivity index (χ1) is 13.7. The van der Waals surface area contributed by atoms with E-state index >= 15 is 0 Å². The normalized spacial score (nSPS) is 32.4. The van der Waals surface area contributed by atoms with Crippen LogP contribution in [0.4, 0.5) is 0 Å². The van der Waals surface area contributed by atoms with E-state index in [4.69, 9.17) is 0 Å². The number of tetrazole rings is 1. The van der Waals surface area contributed by atoms with Gasteiger partial charge in [0.2, 0.25) is 11.8 Å². The molecule has 0 radical (unpaired) electrons. The van der Waals surface area contributed by atoms with Crippen molar-refractivity contribution in [1.82, 2.24) is 35.7 Å². The first kappa shape index (κ1) is 18.6. The Kier molecular flexibility index (Phi) is 3.85. The Morgan fingerprint density at radius 1 is 1.07 bits per heavy atom. The quantitative estimate of drug-likeness (QED) is 0.729. The number of aromatic nitrogens is 4. The lowest BCUT2D eigenvalue weighted by atomic mass is 9.93. The molecule has 3 aliphatic heterocycles. The number of carbonyl (C=O) groups is 2. The molecule has 3 fully saturated rings. The van der Waals surface area contributed by atoms with Gasteiger partial charge in [-0.2, -0.15) is 0 Å². The Morgan fingerprint density at radius 3 is 2.45 bits per heavy atom. The summed E-state index contributed by atoms with van der Waals surface area (Å²) in [4.78, 5) is 30.3. The Hall–Kier alpha value is -2.46. The van der Waals surface area contributed by atoms with Crippen LogP contribution in [0.1, 0.15) is 51.2 Å². The monoisotopic (exact) mass is 413 g/mol. The fourth-order valence-electron chi connectivity index (χ4n) is 4.81. The van der Waals surface area contributed by atoms with Crippen molar-refractivity contribution in [3.05, 3.63) is 41.7 Å². The van der Waals surface area contributed by atoms with E-state index in [9.17, 15) is 9.59 Å². The summed E-state index contributed by atoms with van der Waals surface area (Å²) in [5.41, 5.74) is 0.266. The lowest BCUT2D eigenvalue weighted by molar-refractivity contribution is -0.165. The highest BCUT2D eigenvalue weighted by molar-refractivity contribution is 8.01. The van der Waals surface area contributed by atoms with Gasteiger partial charge in [0.1, 0.15) is 23.5 Å². The molecule has 152 valence electrons. The Morgan fingerprint density at radius 2 is 1.79 bits per heavy atom. The third-order valence-electron chi connectivity index (χ3n) is 6.03. The second-order valence-corrected chi connectivity index (χ2v) is 10.5. The second kappa shape index (κ2) is 6.02. The van der Waals surface area contributed by atoms with Crippen molar-refractivity contribution in [3.8, 4) is 0 Å². The highest BCUT2D eigenvalue weighted by Gasteiger charge is 2.67. The highest BCUT2D eigenvalue weighted by atomic mass is 32.2. The fraction of sp³-hybridized carbons (Fsp3) is 0.526. The van der Waals surface area contributed by atoms with Crippen LogP contribution in [0.15, 0.2) is 30.3 Å². The van der Waals surface area contributed by atoms with Crippen LogP contribution in [0.25, 0.3) is 0 Å². The van der Waals surface area contributed by atoms with Gasteiger partial charge < -0.3 is 9.80 Å². The molecular formula is C19H23N7O2S. The van der Waals surface area contributed by atoms with Crippen molar-refractivity contribution in [3.63, 3.8) is 0 Å². The number of carbonyl (C=O) groups excluding carboxylic acids is 2. The molecule has 0 saturated carbocycles. The molecule has 2 amide bonds. The molecule has 0 bridgehead atoms. The molecular weight excluding hydrogens is 390 g/mol. The molecule has 1 aromatic heterocycles. The largest absolute Gasteiger partial charge is 0.314 e. The third-order valence-corrected chi connectivity index (χ3v) is 7.59. The van der Waals surface area contributed by atoms with Crippen molar-refractivity contribution in [1.29, 1.82) is 0 Å². The van der Waals surface area contributed by atoms with Crippen molar-refractivity contribution in [2.45, 2.75) is 61.6 Å². The average Bonchev–Trinajstić information content (AvgIpc) is 3.33. The zero-order chi connectivity index (χ0) is 20.6. The van der Waals surface area contributed by atoms with E-state index in [1.807, 2.05) is 49.1 Å². The van der Waals surface area contributed by atoms with Gasteiger partial charge in [0.05, 0.1) is 5.66 Å². The molecule has 3 aliphatic rings. The molecule has 29 heavy (non-hydrogen) atoms. The van der Waals surface area contributed by atoms with Crippen LogP contribution < -0.4 is 5.32 Å². The number of hydrogen-bond donors (Lipinski definition) is 2. The minimum atomic E-state index is -0.638. The molecule has 3 saturated heterocycles. The number of thioether (sulfide) groups is 1. The topological polar surface area (TPSA) is 107 Å². The lowest BCUT2D eigenvalue weighted by Gasteiger charge is -2.50. The maximum absolute atomic E-state index is 13.4. The van der Waals surface area contributed by atoms with Gasteiger partial charge in [-0.15, -0.1) is 16.9 Å². The Labute approximate surface area is 172 Å². The van der Waals surface area contributed by atoms with Crippen LogP contribution in [-0.2, 0) is 9.59 Å². The number of nitrogens with zero attached hydrogens (tertiary/aromatic N) is 5. The first-order valence-electron chi connectivity index (χ1n) is 9.62. The van der Waals surface area contributed by atoms with Crippen LogP contribution in [-0.4, -0.2) is 64.1 Å². The predicted octanol–water partition coefficient (Wildman–Crippen LogP) is 1.21. The second-order valence-electron chi connectivity index (χ2n) is 8.75. The predicted molar refractivity (Wildman–Crippen MR) is 106 cm³/mol. The number of benzene rings is 1. The number of hydrogen-bond acceptors (Lipinski definition) is 7. The average molecular weight is 414 g/mol. The minimum Gasteiger partial charge on any atom is -0.314 e. The van der Waals surface area contributed by atoms with Crippen molar-refractivity contribution in [2.75, 3.05) is 0 Å².